The van der Waals surface area contributed by atoms with Gasteiger partial charge in [-0.15, -0.1) is 11.3 Å². The van der Waals surface area contributed by atoms with Crippen LogP contribution in [-0.4, -0.2) is 10.9 Å². The number of carbonyl (C=O) groups excluding carboxylic acids is 1. The van der Waals surface area contributed by atoms with Gasteiger partial charge in [-0.2, -0.15) is 0 Å². The third kappa shape index (κ3) is 2.25. The Morgan fingerprint density at radius 2 is 1.86 bits per heavy atom. The molecule has 4 nitrogen and oxygen atoms in total. The lowest BCUT2D eigenvalue weighted by atomic mass is 10.0. The fourth-order valence-corrected chi connectivity index (χ4v) is 3.41. The van der Waals surface area contributed by atoms with Gasteiger partial charge in [0, 0.05) is 11.1 Å². The molecule has 106 valence electrons. The van der Waals surface area contributed by atoms with Crippen molar-refractivity contribution in [2.24, 2.45) is 5.73 Å². The molecule has 0 bridgehead atoms. The Labute approximate surface area is 126 Å². The minimum Gasteiger partial charge on any atom is -0.397 e. The number of aryl methyl sites for hydroxylation is 2. The zero-order chi connectivity index (χ0) is 15.1. The average molecular weight is 297 g/mol. The smallest absolute Gasteiger partial charge is 0.260 e. The van der Waals surface area contributed by atoms with Gasteiger partial charge in [-0.25, -0.2) is 4.98 Å². The first-order valence-corrected chi connectivity index (χ1v) is 7.35. The topological polar surface area (TPSA) is 82.0 Å². The molecule has 2 heterocycles. The van der Waals surface area contributed by atoms with Crippen molar-refractivity contribution in [3.8, 4) is 11.1 Å². The summed E-state index contributed by atoms with van der Waals surface area (Å²) in [7, 11) is 0. The second-order valence-electron chi connectivity index (χ2n) is 5.07. The molecule has 1 aromatic carbocycles. The van der Waals surface area contributed by atoms with Crippen molar-refractivity contribution in [3.63, 3.8) is 0 Å². The molecule has 3 rings (SSSR count). The number of nitrogen functional groups attached to an aromatic ring is 1. The van der Waals surface area contributed by atoms with Gasteiger partial charge in [-0.3, -0.25) is 4.79 Å². The molecule has 0 fully saturated rings. The van der Waals surface area contributed by atoms with Crippen LogP contribution >= 0.6 is 11.3 Å². The molecule has 0 saturated carbocycles. The number of aromatic nitrogens is 1. The highest BCUT2D eigenvalue weighted by Crippen LogP contribution is 2.39. The zero-order valence-electron chi connectivity index (χ0n) is 11.8. The molecule has 0 aliphatic carbocycles. The van der Waals surface area contributed by atoms with E-state index in [0.717, 1.165) is 27.0 Å². The number of pyridine rings is 1. The predicted molar refractivity (Wildman–Crippen MR) is 87.5 cm³/mol. The zero-order valence-corrected chi connectivity index (χ0v) is 12.6. The molecule has 0 saturated heterocycles. The van der Waals surface area contributed by atoms with Gasteiger partial charge in [0.1, 0.15) is 9.71 Å². The van der Waals surface area contributed by atoms with Crippen LogP contribution in [0.2, 0.25) is 0 Å². The van der Waals surface area contributed by atoms with Gasteiger partial charge < -0.3 is 11.5 Å². The fraction of sp³-hybridized carbons (Fsp3) is 0.125. The Morgan fingerprint density at radius 1 is 1.19 bits per heavy atom. The van der Waals surface area contributed by atoms with Crippen LogP contribution < -0.4 is 11.5 Å². The second kappa shape index (κ2) is 4.86. The van der Waals surface area contributed by atoms with Crippen LogP contribution in [-0.2, 0) is 0 Å². The van der Waals surface area contributed by atoms with Gasteiger partial charge in [-0.05, 0) is 31.0 Å². The summed E-state index contributed by atoms with van der Waals surface area (Å²) < 4.78 is 0. The Hall–Kier alpha value is -2.40. The van der Waals surface area contributed by atoms with Crippen LogP contribution in [0.4, 0.5) is 5.69 Å². The van der Waals surface area contributed by atoms with E-state index in [1.807, 2.05) is 32.0 Å². The highest BCUT2D eigenvalue weighted by molar-refractivity contribution is 7.21. The van der Waals surface area contributed by atoms with Crippen LogP contribution in [0.25, 0.3) is 21.3 Å². The van der Waals surface area contributed by atoms with Crippen LogP contribution in [0.15, 0.2) is 30.3 Å². The molecule has 0 aliphatic heterocycles. The third-order valence-electron chi connectivity index (χ3n) is 3.41. The summed E-state index contributed by atoms with van der Waals surface area (Å²) in [6.07, 6.45) is 0. The maximum absolute atomic E-state index is 11.5. The number of primary amides is 1. The van der Waals surface area contributed by atoms with Crippen LogP contribution in [0.3, 0.4) is 0 Å². The van der Waals surface area contributed by atoms with Gasteiger partial charge in [0.05, 0.1) is 5.69 Å². The lowest BCUT2D eigenvalue weighted by Crippen LogP contribution is -2.10. The number of nitrogens with zero attached hydrogens (tertiary/aromatic N) is 1. The van der Waals surface area contributed by atoms with E-state index in [4.69, 9.17) is 11.5 Å². The van der Waals surface area contributed by atoms with E-state index in [2.05, 4.69) is 17.1 Å². The van der Waals surface area contributed by atoms with Crippen LogP contribution in [0, 0.1) is 13.8 Å². The SMILES string of the molecule is Cc1ccc(-c2cc(C)nc3sc(C(N)=O)c(N)c23)cc1. The number of thiophene rings is 1. The number of benzene rings is 1. The van der Waals surface area contributed by atoms with E-state index in [9.17, 15) is 4.79 Å². The van der Waals surface area contributed by atoms with Crippen molar-refractivity contribution in [1.29, 1.82) is 0 Å². The van der Waals surface area contributed by atoms with E-state index in [0.29, 0.717) is 10.6 Å². The number of carbonyl (C=O) groups is 1. The largest absolute Gasteiger partial charge is 0.397 e. The molecule has 1 amide bonds. The van der Waals surface area contributed by atoms with Gasteiger partial charge in [-0.1, -0.05) is 29.8 Å². The van der Waals surface area contributed by atoms with Gasteiger partial charge >= 0.3 is 0 Å². The first-order valence-electron chi connectivity index (χ1n) is 6.54. The Kier molecular flexibility index (Phi) is 3.14. The summed E-state index contributed by atoms with van der Waals surface area (Å²) in [4.78, 5) is 17.1. The Balaban J connectivity index is 2.36. The lowest BCUT2D eigenvalue weighted by Gasteiger charge is -2.07. The van der Waals surface area contributed by atoms with E-state index in [1.165, 1.54) is 16.9 Å². The van der Waals surface area contributed by atoms with Gasteiger partial charge in [0.2, 0.25) is 0 Å². The number of rotatable bonds is 2. The molecule has 21 heavy (non-hydrogen) atoms. The molecule has 0 atom stereocenters. The third-order valence-corrected chi connectivity index (χ3v) is 4.53. The summed E-state index contributed by atoms with van der Waals surface area (Å²) in [6.45, 7) is 3.97. The molecule has 0 radical (unpaired) electrons. The Bertz CT molecular complexity index is 850. The van der Waals surface area contributed by atoms with Gasteiger partial charge in [0.15, 0.2) is 0 Å². The minimum atomic E-state index is -0.511. The molecule has 4 N–H and O–H groups in total. The molecular formula is C16H15N3OS. The van der Waals surface area contributed by atoms with Crippen LogP contribution in [0.5, 0.6) is 0 Å². The normalized spacial score (nSPS) is 11.0. The number of hydrogen-bond donors (Lipinski definition) is 2. The first-order chi connectivity index (χ1) is 9.97. The second-order valence-corrected chi connectivity index (χ2v) is 6.07. The molecule has 0 unspecified atom stereocenters. The highest BCUT2D eigenvalue weighted by Gasteiger charge is 2.18. The minimum absolute atomic E-state index is 0.372. The Morgan fingerprint density at radius 3 is 2.48 bits per heavy atom. The average Bonchev–Trinajstić information content (AvgIpc) is 2.76. The number of hydrogen-bond acceptors (Lipinski definition) is 4. The summed E-state index contributed by atoms with van der Waals surface area (Å²) >= 11 is 1.25. The number of anilines is 1. The van der Waals surface area contributed by atoms with Crippen molar-refractivity contribution in [2.45, 2.75) is 13.8 Å². The highest BCUT2D eigenvalue weighted by atomic mass is 32.1. The predicted octanol–water partition coefficient (Wildman–Crippen LogP) is 3.26. The van der Waals surface area contributed by atoms with Crippen molar-refractivity contribution in [1.82, 2.24) is 4.98 Å². The quantitative estimate of drug-likeness (QED) is 0.761. The molecule has 0 spiro atoms. The standard InChI is InChI=1S/C16H15N3OS/c1-8-3-5-10(6-4-8)11-7-9(2)19-16-12(11)13(17)14(21-16)15(18)20/h3-7H,17H2,1-2H3,(H2,18,20). The maximum atomic E-state index is 11.5. The van der Waals surface area contributed by atoms with Crippen molar-refractivity contribution < 1.29 is 4.79 Å². The summed E-state index contributed by atoms with van der Waals surface area (Å²) in [5.41, 5.74) is 16.1. The number of nitrogens with two attached hydrogens (primary N) is 2. The monoisotopic (exact) mass is 297 g/mol. The van der Waals surface area contributed by atoms with Crippen molar-refractivity contribution in [3.05, 3.63) is 46.5 Å². The fourth-order valence-electron chi connectivity index (χ4n) is 2.39. The van der Waals surface area contributed by atoms with E-state index in [-0.39, 0.29) is 0 Å². The van der Waals surface area contributed by atoms with E-state index >= 15 is 0 Å². The maximum Gasteiger partial charge on any atom is 0.260 e. The summed E-state index contributed by atoms with van der Waals surface area (Å²) in [5.74, 6) is -0.511. The van der Waals surface area contributed by atoms with E-state index < -0.39 is 5.91 Å². The number of fused-ring (bicyclic) bond motifs is 1. The molecule has 5 heteroatoms. The van der Waals surface area contributed by atoms with Crippen molar-refractivity contribution in [2.75, 3.05) is 5.73 Å². The summed E-state index contributed by atoms with van der Waals surface area (Å²) in [5, 5.41) is 0.809. The lowest BCUT2D eigenvalue weighted by molar-refractivity contribution is 0.100. The molecular weight excluding hydrogens is 282 g/mol. The molecule has 2 aromatic heterocycles. The summed E-state index contributed by atoms with van der Waals surface area (Å²) in [6, 6.07) is 10.2. The molecule has 0 aliphatic rings. The molecule has 3 aromatic rings. The first kappa shape index (κ1) is 13.6. The van der Waals surface area contributed by atoms with Gasteiger partial charge in [0.25, 0.3) is 5.91 Å². The van der Waals surface area contributed by atoms with Crippen LogP contribution in [0.1, 0.15) is 20.9 Å². The number of amides is 1. The van der Waals surface area contributed by atoms with E-state index in [1.54, 1.807) is 0 Å². The van der Waals surface area contributed by atoms with Crippen molar-refractivity contribution >= 4 is 33.1 Å².